The zero-order valence-electron chi connectivity index (χ0n) is 10.3. The lowest BCUT2D eigenvalue weighted by atomic mass is 10.3. The van der Waals surface area contributed by atoms with Gasteiger partial charge >= 0.3 is 0 Å². The van der Waals surface area contributed by atoms with E-state index >= 15 is 0 Å². The molecule has 0 aromatic heterocycles. The summed E-state index contributed by atoms with van der Waals surface area (Å²) in [7, 11) is -3.57. The topological polar surface area (TPSA) is 49.4 Å². The number of nitrogens with one attached hydrogen (secondary N) is 1. The first-order chi connectivity index (χ1) is 8.41. The molecule has 1 aromatic carbocycles. The molecular formula is C11H15Cl3N2O2S. The van der Waals surface area contributed by atoms with E-state index in [9.17, 15) is 8.42 Å². The normalized spacial score (nSPS) is 20.9. The Morgan fingerprint density at radius 2 is 2.05 bits per heavy atom. The summed E-state index contributed by atoms with van der Waals surface area (Å²) < 4.78 is 26.4. The zero-order valence-corrected chi connectivity index (χ0v) is 13.4. The van der Waals surface area contributed by atoms with Crippen LogP contribution < -0.4 is 5.32 Å². The highest BCUT2D eigenvalue weighted by Crippen LogP contribution is 2.28. The average molecular weight is 346 g/mol. The van der Waals surface area contributed by atoms with Crippen LogP contribution in [-0.4, -0.2) is 38.4 Å². The monoisotopic (exact) mass is 344 g/mol. The predicted molar refractivity (Wildman–Crippen MR) is 79.9 cm³/mol. The largest absolute Gasteiger partial charge is 0.312 e. The van der Waals surface area contributed by atoms with E-state index in [1.807, 2.05) is 6.92 Å². The van der Waals surface area contributed by atoms with Gasteiger partial charge in [0.15, 0.2) is 0 Å². The highest BCUT2D eigenvalue weighted by molar-refractivity contribution is 7.89. The Balaban J connectivity index is 0.00000180. The molecule has 1 heterocycles. The zero-order chi connectivity index (χ0) is 13.3. The fourth-order valence-corrected chi connectivity index (χ4v) is 4.20. The van der Waals surface area contributed by atoms with Crippen molar-refractivity contribution >= 4 is 45.6 Å². The molecule has 1 atom stereocenters. The smallest absolute Gasteiger partial charge is 0.244 e. The van der Waals surface area contributed by atoms with Crippen molar-refractivity contribution in [3.63, 3.8) is 0 Å². The molecule has 0 radical (unpaired) electrons. The molecule has 0 spiro atoms. The maximum Gasteiger partial charge on any atom is 0.244 e. The number of halogens is 3. The van der Waals surface area contributed by atoms with Crippen molar-refractivity contribution < 1.29 is 8.42 Å². The van der Waals surface area contributed by atoms with Crippen LogP contribution in [0.5, 0.6) is 0 Å². The number of sulfonamides is 1. The van der Waals surface area contributed by atoms with Crippen molar-refractivity contribution in [1.29, 1.82) is 0 Å². The molecular weight excluding hydrogens is 331 g/mol. The predicted octanol–water partition coefficient (Wildman–Crippen LogP) is 2.40. The van der Waals surface area contributed by atoms with Crippen molar-refractivity contribution in [2.24, 2.45) is 0 Å². The number of rotatable bonds is 2. The third-order valence-electron chi connectivity index (χ3n) is 2.84. The Kier molecular flexibility index (Phi) is 5.92. The first kappa shape index (κ1) is 17.0. The molecule has 1 aliphatic rings. The van der Waals surface area contributed by atoms with Gasteiger partial charge in [-0.05, 0) is 25.1 Å². The lowest BCUT2D eigenvalue weighted by Crippen LogP contribution is -2.51. The Morgan fingerprint density at radius 3 is 2.68 bits per heavy atom. The van der Waals surface area contributed by atoms with Crippen LogP contribution >= 0.6 is 35.6 Å². The van der Waals surface area contributed by atoms with Gasteiger partial charge in [0.05, 0.1) is 5.02 Å². The van der Waals surface area contributed by atoms with Crippen molar-refractivity contribution in [2.75, 3.05) is 19.6 Å². The summed E-state index contributed by atoms with van der Waals surface area (Å²) in [4.78, 5) is 0.0748. The van der Waals surface area contributed by atoms with Crippen LogP contribution in [-0.2, 0) is 10.0 Å². The number of piperazine rings is 1. The van der Waals surface area contributed by atoms with Gasteiger partial charge in [-0.25, -0.2) is 8.42 Å². The second-order valence-corrected chi connectivity index (χ2v) is 7.04. The molecule has 8 heteroatoms. The van der Waals surface area contributed by atoms with Crippen LogP contribution in [0.15, 0.2) is 23.1 Å². The van der Waals surface area contributed by atoms with Gasteiger partial charge in [0.2, 0.25) is 10.0 Å². The summed E-state index contributed by atoms with van der Waals surface area (Å²) in [5.74, 6) is 0. The fourth-order valence-electron chi connectivity index (χ4n) is 1.93. The van der Waals surface area contributed by atoms with Crippen molar-refractivity contribution in [1.82, 2.24) is 9.62 Å². The van der Waals surface area contributed by atoms with Gasteiger partial charge in [0, 0.05) is 30.7 Å². The molecule has 1 unspecified atom stereocenters. The molecule has 1 N–H and O–H groups in total. The van der Waals surface area contributed by atoms with Crippen LogP contribution in [0.1, 0.15) is 6.92 Å². The Morgan fingerprint density at radius 1 is 1.37 bits per heavy atom. The Hall–Kier alpha value is -0.0400. The van der Waals surface area contributed by atoms with Gasteiger partial charge in [0.25, 0.3) is 0 Å². The number of hydrogen-bond donors (Lipinski definition) is 1. The summed E-state index contributed by atoms with van der Waals surface area (Å²) in [6.07, 6.45) is 0. The summed E-state index contributed by atoms with van der Waals surface area (Å²) in [5, 5.41) is 3.76. The van der Waals surface area contributed by atoms with E-state index in [-0.39, 0.29) is 28.4 Å². The molecule has 1 saturated heterocycles. The lowest BCUT2D eigenvalue weighted by molar-refractivity contribution is 0.310. The summed E-state index contributed by atoms with van der Waals surface area (Å²) in [6, 6.07) is 4.60. The van der Waals surface area contributed by atoms with Gasteiger partial charge in [-0.15, -0.1) is 12.4 Å². The van der Waals surface area contributed by atoms with Crippen LogP contribution in [0.3, 0.4) is 0 Å². The van der Waals surface area contributed by atoms with Crippen molar-refractivity contribution in [3.8, 4) is 0 Å². The standard InChI is InChI=1S/C11H14Cl2N2O2S.ClH/c1-8-7-15(5-4-14-8)18(16,17)11-6-9(12)2-3-10(11)13;/h2-3,6,8,14H,4-5,7H2,1H3;1H. The molecule has 19 heavy (non-hydrogen) atoms. The van der Waals surface area contributed by atoms with Crippen LogP contribution in [0.25, 0.3) is 0 Å². The van der Waals surface area contributed by atoms with Gasteiger partial charge < -0.3 is 5.32 Å². The molecule has 1 aliphatic heterocycles. The quantitative estimate of drug-likeness (QED) is 0.895. The summed E-state index contributed by atoms with van der Waals surface area (Å²) in [6.45, 7) is 3.46. The minimum atomic E-state index is -3.57. The maximum atomic E-state index is 12.5. The van der Waals surface area contributed by atoms with Gasteiger partial charge in [-0.2, -0.15) is 4.31 Å². The van der Waals surface area contributed by atoms with E-state index in [1.54, 1.807) is 6.07 Å². The molecule has 1 aromatic rings. The van der Waals surface area contributed by atoms with Crippen molar-refractivity contribution in [3.05, 3.63) is 28.2 Å². The maximum absolute atomic E-state index is 12.5. The molecule has 0 aliphatic carbocycles. The van der Waals surface area contributed by atoms with E-state index in [0.717, 1.165) is 0 Å². The fraction of sp³-hybridized carbons (Fsp3) is 0.455. The second kappa shape index (κ2) is 6.61. The lowest BCUT2D eigenvalue weighted by Gasteiger charge is -2.31. The highest BCUT2D eigenvalue weighted by atomic mass is 35.5. The number of hydrogen-bond acceptors (Lipinski definition) is 3. The third kappa shape index (κ3) is 3.74. The molecule has 4 nitrogen and oxygen atoms in total. The second-order valence-electron chi connectivity index (χ2n) is 4.29. The van der Waals surface area contributed by atoms with Crippen LogP contribution in [0.2, 0.25) is 10.0 Å². The van der Waals surface area contributed by atoms with E-state index < -0.39 is 10.0 Å². The first-order valence-electron chi connectivity index (χ1n) is 5.60. The first-order valence-corrected chi connectivity index (χ1v) is 7.79. The molecule has 108 valence electrons. The average Bonchev–Trinajstić information content (AvgIpc) is 2.32. The minimum Gasteiger partial charge on any atom is -0.312 e. The molecule has 0 bridgehead atoms. The third-order valence-corrected chi connectivity index (χ3v) is 5.42. The summed E-state index contributed by atoms with van der Waals surface area (Å²) in [5.41, 5.74) is 0. The SMILES string of the molecule is CC1CN(S(=O)(=O)c2cc(Cl)ccc2Cl)CCN1.Cl. The van der Waals surface area contributed by atoms with Gasteiger partial charge in [-0.1, -0.05) is 23.2 Å². The van der Waals surface area contributed by atoms with E-state index in [0.29, 0.717) is 24.7 Å². The molecule has 2 rings (SSSR count). The number of nitrogens with zero attached hydrogens (tertiary/aromatic N) is 1. The molecule has 1 fully saturated rings. The minimum absolute atomic E-state index is 0. The van der Waals surface area contributed by atoms with Crippen LogP contribution in [0.4, 0.5) is 0 Å². The van der Waals surface area contributed by atoms with E-state index in [1.165, 1.54) is 16.4 Å². The van der Waals surface area contributed by atoms with E-state index in [2.05, 4.69) is 5.32 Å². The van der Waals surface area contributed by atoms with Gasteiger partial charge in [-0.3, -0.25) is 0 Å². The Labute approximate surface area is 129 Å². The van der Waals surface area contributed by atoms with Crippen LogP contribution in [0, 0.1) is 0 Å². The highest BCUT2D eigenvalue weighted by Gasteiger charge is 2.30. The number of benzene rings is 1. The molecule has 0 saturated carbocycles. The van der Waals surface area contributed by atoms with Crippen molar-refractivity contribution in [2.45, 2.75) is 17.9 Å². The molecule has 0 amide bonds. The summed E-state index contributed by atoms with van der Waals surface area (Å²) >= 11 is 11.8. The van der Waals surface area contributed by atoms with Gasteiger partial charge in [0.1, 0.15) is 4.90 Å². The van der Waals surface area contributed by atoms with E-state index in [4.69, 9.17) is 23.2 Å². The Bertz CT molecular complexity index is 551.